The SMILES string of the molecule is CC(ON)C1c2ccccc2-c2ccccc21. The first-order valence-corrected chi connectivity index (χ1v) is 5.86. The molecule has 0 saturated carbocycles. The maximum absolute atomic E-state index is 5.37. The molecule has 86 valence electrons. The molecule has 3 rings (SSSR count). The maximum Gasteiger partial charge on any atom is 0.0868 e. The van der Waals surface area contributed by atoms with E-state index in [0.29, 0.717) is 0 Å². The molecule has 2 nitrogen and oxygen atoms in total. The lowest BCUT2D eigenvalue weighted by molar-refractivity contribution is 0.0562. The molecule has 0 bridgehead atoms. The van der Waals surface area contributed by atoms with Gasteiger partial charge in [0.25, 0.3) is 0 Å². The van der Waals surface area contributed by atoms with Crippen LogP contribution in [0.3, 0.4) is 0 Å². The molecule has 1 unspecified atom stereocenters. The van der Waals surface area contributed by atoms with Gasteiger partial charge in [0.05, 0.1) is 6.10 Å². The number of benzene rings is 2. The Morgan fingerprint density at radius 3 is 1.88 bits per heavy atom. The number of nitrogens with two attached hydrogens (primary N) is 1. The summed E-state index contributed by atoms with van der Waals surface area (Å²) in [4.78, 5) is 5.05. The Kier molecular flexibility index (Phi) is 2.46. The van der Waals surface area contributed by atoms with Crippen molar-refractivity contribution in [1.82, 2.24) is 0 Å². The van der Waals surface area contributed by atoms with Gasteiger partial charge in [-0.2, -0.15) is 0 Å². The molecule has 0 amide bonds. The Morgan fingerprint density at radius 2 is 1.41 bits per heavy atom. The van der Waals surface area contributed by atoms with Crippen molar-refractivity contribution in [2.75, 3.05) is 0 Å². The van der Waals surface area contributed by atoms with Crippen molar-refractivity contribution >= 4 is 0 Å². The second-order valence-electron chi connectivity index (χ2n) is 4.49. The lowest BCUT2D eigenvalue weighted by Gasteiger charge is -2.19. The highest BCUT2D eigenvalue weighted by molar-refractivity contribution is 5.78. The molecule has 1 aliphatic rings. The van der Waals surface area contributed by atoms with Crippen LogP contribution in [-0.4, -0.2) is 6.10 Å². The Morgan fingerprint density at radius 1 is 0.941 bits per heavy atom. The molecule has 2 heteroatoms. The molecular formula is C15H15NO. The summed E-state index contributed by atoms with van der Waals surface area (Å²) < 4.78 is 0. The quantitative estimate of drug-likeness (QED) is 0.797. The molecule has 0 heterocycles. The molecule has 2 aromatic carbocycles. The average Bonchev–Trinajstić information content (AvgIpc) is 2.72. The third kappa shape index (κ3) is 1.49. The zero-order valence-electron chi connectivity index (χ0n) is 9.76. The standard InChI is InChI=1S/C15H15NO/c1-10(17-16)15-13-8-4-2-6-11(13)12-7-3-5-9-14(12)15/h2-10,15H,16H2,1H3. The van der Waals surface area contributed by atoms with Crippen molar-refractivity contribution in [2.45, 2.75) is 18.9 Å². The third-order valence-corrected chi connectivity index (χ3v) is 3.57. The Balaban J connectivity index is 2.23. The van der Waals surface area contributed by atoms with Crippen LogP contribution in [0.5, 0.6) is 0 Å². The summed E-state index contributed by atoms with van der Waals surface area (Å²) in [5.74, 6) is 5.61. The van der Waals surface area contributed by atoms with Gasteiger partial charge in [0.2, 0.25) is 0 Å². The van der Waals surface area contributed by atoms with Gasteiger partial charge in [-0.15, -0.1) is 0 Å². The number of rotatable bonds is 2. The van der Waals surface area contributed by atoms with Gasteiger partial charge in [0.1, 0.15) is 0 Å². The molecule has 0 radical (unpaired) electrons. The molecule has 2 N–H and O–H groups in total. The molecule has 0 aromatic heterocycles. The maximum atomic E-state index is 5.37. The van der Waals surface area contributed by atoms with Gasteiger partial charge < -0.3 is 4.84 Å². The van der Waals surface area contributed by atoms with Crippen LogP contribution in [0.2, 0.25) is 0 Å². The van der Waals surface area contributed by atoms with Crippen molar-refractivity contribution < 1.29 is 4.84 Å². The van der Waals surface area contributed by atoms with Gasteiger partial charge >= 0.3 is 0 Å². The summed E-state index contributed by atoms with van der Waals surface area (Å²) in [7, 11) is 0. The highest BCUT2D eigenvalue weighted by Gasteiger charge is 2.32. The van der Waals surface area contributed by atoms with E-state index in [1.165, 1.54) is 22.3 Å². The fourth-order valence-electron chi connectivity index (χ4n) is 2.78. The fraction of sp³-hybridized carbons (Fsp3) is 0.200. The molecule has 2 aromatic rings. The Hall–Kier alpha value is -1.64. The predicted octanol–water partition coefficient (Wildman–Crippen LogP) is 3.08. The Bertz CT molecular complexity index is 505. The number of fused-ring (bicyclic) bond motifs is 3. The van der Waals surface area contributed by atoms with Gasteiger partial charge in [-0.25, -0.2) is 5.90 Å². The average molecular weight is 225 g/mol. The number of hydrogen-bond donors (Lipinski definition) is 1. The van der Waals surface area contributed by atoms with E-state index in [9.17, 15) is 0 Å². The minimum Gasteiger partial charge on any atom is -0.301 e. The molecular weight excluding hydrogens is 210 g/mol. The highest BCUT2D eigenvalue weighted by atomic mass is 16.6. The second-order valence-corrected chi connectivity index (χ2v) is 4.49. The molecule has 0 aliphatic heterocycles. The van der Waals surface area contributed by atoms with E-state index in [1.807, 2.05) is 6.92 Å². The van der Waals surface area contributed by atoms with E-state index in [-0.39, 0.29) is 12.0 Å². The molecule has 0 saturated heterocycles. The van der Waals surface area contributed by atoms with E-state index < -0.39 is 0 Å². The van der Waals surface area contributed by atoms with Gasteiger partial charge in [-0.3, -0.25) is 0 Å². The predicted molar refractivity (Wildman–Crippen MR) is 68.5 cm³/mol. The van der Waals surface area contributed by atoms with Gasteiger partial charge in [0.15, 0.2) is 0 Å². The van der Waals surface area contributed by atoms with Crippen LogP contribution in [0.4, 0.5) is 0 Å². The summed E-state index contributed by atoms with van der Waals surface area (Å²) in [5, 5.41) is 0. The van der Waals surface area contributed by atoms with Gasteiger partial charge in [-0.1, -0.05) is 48.5 Å². The van der Waals surface area contributed by atoms with Crippen LogP contribution >= 0.6 is 0 Å². The number of hydrogen-bond acceptors (Lipinski definition) is 2. The molecule has 0 spiro atoms. The summed E-state index contributed by atoms with van der Waals surface area (Å²) >= 11 is 0. The van der Waals surface area contributed by atoms with Crippen molar-refractivity contribution in [3.63, 3.8) is 0 Å². The summed E-state index contributed by atoms with van der Waals surface area (Å²) in [6, 6.07) is 16.9. The fourth-order valence-corrected chi connectivity index (χ4v) is 2.78. The third-order valence-electron chi connectivity index (χ3n) is 3.57. The second kappa shape index (κ2) is 3.99. The first kappa shape index (κ1) is 10.5. The minimum absolute atomic E-state index is 0.0141. The summed E-state index contributed by atoms with van der Waals surface area (Å²) in [5.41, 5.74) is 5.23. The van der Waals surface area contributed by atoms with Crippen molar-refractivity contribution in [1.29, 1.82) is 0 Å². The van der Waals surface area contributed by atoms with Crippen LogP contribution in [0.25, 0.3) is 11.1 Å². The van der Waals surface area contributed by atoms with Crippen LogP contribution in [-0.2, 0) is 4.84 Å². The minimum atomic E-state index is -0.0141. The van der Waals surface area contributed by atoms with Crippen LogP contribution in [0.15, 0.2) is 48.5 Å². The normalized spacial score (nSPS) is 15.4. The first-order chi connectivity index (χ1) is 8.33. The van der Waals surface area contributed by atoms with Crippen molar-refractivity contribution in [2.24, 2.45) is 5.90 Å². The van der Waals surface area contributed by atoms with Crippen molar-refractivity contribution in [3.8, 4) is 11.1 Å². The monoisotopic (exact) mass is 225 g/mol. The largest absolute Gasteiger partial charge is 0.301 e. The molecule has 1 atom stereocenters. The topological polar surface area (TPSA) is 35.2 Å². The Labute approximate surface area is 101 Å². The van der Waals surface area contributed by atoms with Crippen LogP contribution < -0.4 is 5.90 Å². The zero-order valence-corrected chi connectivity index (χ0v) is 9.76. The lowest BCUT2D eigenvalue weighted by Crippen LogP contribution is -2.21. The molecule has 1 aliphatic carbocycles. The van der Waals surface area contributed by atoms with Crippen molar-refractivity contribution in [3.05, 3.63) is 59.7 Å². The molecule has 17 heavy (non-hydrogen) atoms. The highest BCUT2D eigenvalue weighted by Crippen LogP contribution is 2.46. The van der Waals surface area contributed by atoms with E-state index in [1.54, 1.807) is 0 Å². The van der Waals surface area contributed by atoms with Gasteiger partial charge in [0, 0.05) is 5.92 Å². The van der Waals surface area contributed by atoms with E-state index in [0.717, 1.165) is 0 Å². The van der Waals surface area contributed by atoms with E-state index in [2.05, 4.69) is 48.5 Å². The molecule has 0 fully saturated rings. The van der Waals surface area contributed by atoms with Gasteiger partial charge in [-0.05, 0) is 29.2 Å². The van der Waals surface area contributed by atoms with Crippen LogP contribution in [0.1, 0.15) is 24.0 Å². The first-order valence-electron chi connectivity index (χ1n) is 5.86. The lowest BCUT2D eigenvalue weighted by atomic mass is 9.92. The van der Waals surface area contributed by atoms with Crippen LogP contribution in [0, 0.1) is 0 Å². The van der Waals surface area contributed by atoms with E-state index in [4.69, 9.17) is 10.7 Å². The summed E-state index contributed by atoms with van der Waals surface area (Å²) in [6.07, 6.45) is -0.0141. The van der Waals surface area contributed by atoms with E-state index >= 15 is 0 Å². The zero-order chi connectivity index (χ0) is 11.8. The summed E-state index contributed by atoms with van der Waals surface area (Å²) in [6.45, 7) is 2.02. The smallest absolute Gasteiger partial charge is 0.0868 e.